The van der Waals surface area contributed by atoms with Crippen molar-refractivity contribution in [1.29, 1.82) is 0 Å². The maximum Gasteiger partial charge on any atom is 0.232 e. The Morgan fingerprint density at radius 3 is 2.67 bits per heavy atom. The molecular weight excluding hydrogens is 131 g/mol. The summed E-state index contributed by atoms with van der Waals surface area (Å²) in [7, 11) is 3.66. The molecule has 0 spiro atoms. The lowest BCUT2D eigenvalue weighted by atomic mass is 10.2. The molecule has 0 aliphatic carbocycles. The van der Waals surface area contributed by atoms with Gasteiger partial charge in [0.2, 0.25) is 9.47 Å². The molecule has 0 aliphatic heterocycles. The maximum atomic E-state index is 4.69. The molecule has 1 nitrogen and oxygen atoms in total. The van der Waals surface area contributed by atoms with Crippen molar-refractivity contribution in [2.75, 3.05) is 0 Å². The van der Waals surface area contributed by atoms with E-state index in [9.17, 15) is 0 Å². The molecule has 0 atom stereocenters. The third-order valence-corrected chi connectivity index (χ3v) is 1.31. The van der Waals surface area contributed by atoms with E-state index in [0.29, 0.717) is 0 Å². The van der Waals surface area contributed by atoms with Crippen LogP contribution >= 0.6 is 9.47 Å². The third kappa shape index (κ3) is 1.69. The molecule has 2 radical (unpaired) electrons. The zero-order valence-corrected chi connectivity index (χ0v) is 6.06. The summed E-state index contributed by atoms with van der Waals surface area (Å²) in [5.41, 5.74) is 1.18. The topological polar surface area (TPSA) is 9.23 Å². The minimum Gasteiger partial charge on any atom is -0.457 e. The molecule has 0 bridgehead atoms. The van der Waals surface area contributed by atoms with Crippen molar-refractivity contribution in [2.45, 2.75) is 6.92 Å². The largest absolute Gasteiger partial charge is 0.457 e. The average molecular weight is 138 g/mol. The van der Waals surface area contributed by atoms with E-state index in [1.54, 1.807) is 0 Å². The summed E-state index contributed by atoms with van der Waals surface area (Å²) in [6.45, 7) is 2.01. The average Bonchev–Trinajstić information content (AvgIpc) is 1.88. The highest BCUT2D eigenvalue weighted by Crippen LogP contribution is 2.13. The van der Waals surface area contributed by atoms with Crippen LogP contribution in [0.2, 0.25) is 0 Å². The van der Waals surface area contributed by atoms with Crippen molar-refractivity contribution in [3.05, 3.63) is 29.8 Å². The summed E-state index contributed by atoms with van der Waals surface area (Å²) in [6.07, 6.45) is 0. The molecular formula is C7H7OP. The van der Waals surface area contributed by atoms with Gasteiger partial charge in [0.1, 0.15) is 5.75 Å². The van der Waals surface area contributed by atoms with Gasteiger partial charge in [0, 0.05) is 0 Å². The van der Waals surface area contributed by atoms with E-state index >= 15 is 0 Å². The fourth-order valence-electron chi connectivity index (χ4n) is 0.672. The van der Waals surface area contributed by atoms with E-state index in [-0.39, 0.29) is 0 Å². The van der Waals surface area contributed by atoms with E-state index in [1.807, 2.05) is 31.2 Å². The lowest BCUT2D eigenvalue weighted by Gasteiger charge is -1.96. The zero-order chi connectivity index (χ0) is 6.69. The summed E-state index contributed by atoms with van der Waals surface area (Å²) in [5, 5.41) is 0. The molecule has 0 saturated heterocycles. The monoisotopic (exact) mass is 138 g/mol. The fourth-order valence-corrected chi connectivity index (χ4v) is 0.786. The Morgan fingerprint density at radius 2 is 2.22 bits per heavy atom. The molecule has 46 valence electrons. The van der Waals surface area contributed by atoms with Gasteiger partial charge in [-0.1, -0.05) is 12.1 Å². The summed E-state index contributed by atoms with van der Waals surface area (Å²) in [6, 6.07) is 7.73. The molecule has 9 heavy (non-hydrogen) atoms. The number of rotatable bonds is 1. The highest BCUT2D eigenvalue weighted by atomic mass is 31.0. The van der Waals surface area contributed by atoms with Crippen molar-refractivity contribution < 1.29 is 4.52 Å². The second-order valence-corrected chi connectivity index (χ2v) is 2.09. The lowest BCUT2D eigenvalue weighted by molar-refractivity contribution is 0.645. The first-order chi connectivity index (χ1) is 4.33. The summed E-state index contributed by atoms with van der Waals surface area (Å²) < 4.78 is 4.69. The van der Waals surface area contributed by atoms with Gasteiger partial charge in [-0.05, 0) is 24.6 Å². The van der Waals surface area contributed by atoms with Crippen molar-refractivity contribution in [2.24, 2.45) is 0 Å². The Morgan fingerprint density at radius 1 is 1.44 bits per heavy atom. The lowest BCUT2D eigenvalue weighted by Crippen LogP contribution is -1.74. The molecule has 1 rings (SSSR count). The van der Waals surface area contributed by atoms with Crippen molar-refractivity contribution in [1.82, 2.24) is 0 Å². The van der Waals surface area contributed by atoms with E-state index in [0.717, 1.165) is 5.75 Å². The van der Waals surface area contributed by atoms with Crippen LogP contribution in [0.15, 0.2) is 24.3 Å². The smallest absolute Gasteiger partial charge is 0.232 e. The van der Waals surface area contributed by atoms with Crippen LogP contribution in [0.3, 0.4) is 0 Å². The van der Waals surface area contributed by atoms with Crippen molar-refractivity contribution >= 4 is 9.47 Å². The number of hydrogen-bond acceptors (Lipinski definition) is 1. The van der Waals surface area contributed by atoms with Gasteiger partial charge in [0.05, 0.1) is 0 Å². The maximum absolute atomic E-state index is 4.69. The molecule has 0 saturated carbocycles. The van der Waals surface area contributed by atoms with Gasteiger partial charge in [0.15, 0.2) is 0 Å². The van der Waals surface area contributed by atoms with Crippen molar-refractivity contribution in [3.8, 4) is 5.75 Å². The molecule has 0 aromatic heterocycles. The Hall–Kier alpha value is -0.550. The number of hydrogen-bond donors (Lipinski definition) is 0. The zero-order valence-electron chi connectivity index (χ0n) is 5.16. The molecule has 0 fully saturated rings. The van der Waals surface area contributed by atoms with Gasteiger partial charge in [-0.25, -0.2) is 0 Å². The highest BCUT2D eigenvalue weighted by Gasteiger charge is 1.87. The first-order valence-electron chi connectivity index (χ1n) is 2.71. The van der Waals surface area contributed by atoms with Crippen LogP contribution in [0.1, 0.15) is 5.56 Å². The van der Waals surface area contributed by atoms with Gasteiger partial charge in [-0.2, -0.15) is 0 Å². The van der Waals surface area contributed by atoms with Crippen LogP contribution in [0.5, 0.6) is 5.75 Å². The minimum absolute atomic E-state index is 0.790. The first-order valence-corrected chi connectivity index (χ1v) is 3.07. The SMILES string of the molecule is Cc1cccc(O[P])c1. The van der Waals surface area contributed by atoms with Gasteiger partial charge in [-0.15, -0.1) is 0 Å². The second kappa shape index (κ2) is 2.84. The Kier molecular flexibility index (Phi) is 2.07. The molecule has 2 heteroatoms. The molecule has 0 aliphatic rings. The highest BCUT2D eigenvalue weighted by molar-refractivity contribution is 7.10. The first kappa shape index (κ1) is 6.57. The van der Waals surface area contributed by atoms with Gasteiger partial charge in [-0.3, -0.25) is 0 Å². The van der Waals surface area contributed by atoms with E-state index in [1.165, 1.54) is 5.56 Å². The van der Waals surface area contributed by atoms with Gasteiger partial charge in [0.25, 0.3) is 0 Å². The Balaban J connectivity index is 2.94. The molecule has 0 N–H and O–H groups in total. The van der Waals surface area contributed by atoms with Crippen LogP contribution in [0, 0.1) is 6.92 Å². The molecule has 1 aromatic carbocycles. The molecule has 0 heterocycles. The third-order valence-electron chi connectivity index (χ3n) is 1.09. The minimum atomic E-state index is 0.790. The predicted octanol–water partition coefficient (Wildman–Crippen LogP) is 2.70. The van der Waals surface area contributed by atoms with Crippen LogP contribution in [-0.4, -0.2) is 0 Å². The van der Waals surface area contributed by atoms with Crippen LogP contribution in [0.25, 0.3) is 0 Å². The number of aryl methyl sites for hydroxylation is 1. The van der Waals surface area contributed by atoms with Crippen LogP contribution in [-0.2, 0) is 0 Å². The summed E-state index contributed by atoms with van der Waals surface area (Å²) in [5.74, 6) is 0.790. The molecule has 0 amide bonds. The Bertz CT molecular complexity index is 198. The van der Waals surface area contributed by atoms with Crippen LogP contribution < -0.4 is 4.52 Å². The van der Waals surface area contributed by atoms with E-state index < -0.39 is 0 Å². The quantitative estimate of drug-likeness (QED) is 0.542. The van der Waals surface area contributed by atoms with Crippen LogP contribution in [0.4, 0.5) is 0 Å². The summed E-state index contributed by atoms with van der Waals surface area (Å²) in [4.78, 5) is 0. The number of benzene rings is 1. The van der Waals surface area contributed by atoms with Crippen molar-refractivity contribution in [3.63, 3.8) is 0 Å². The normalized spacial score (nSPS) is 9.11. The fraction of sp³-hybridized carbons (Fsp3) is 0.143. The van der Waals surface area contributed by atoms with Gasteiger partial charge < -0.3 is 4.52 Å². The molecule has 0 unspecified atom stereocenters. The predicted molar refractivity (Wildman–Crippen MR) is 38.7 cm³/mol. The van der Waals surface area contributed by atoms with E-state index in [4.69, 9.17) is 0 Å². The summed E-state index contributed by atoms with van der Waals surface area (Å²) >= 11 is 0. The Labute approximate surface area is 57.3 Å². The second-order valence-electron chi connectivity index (χ2n) is 1.91. The van der Waals surface area contributed by atoms with E-state index in [2.05, 4.69) is 14.0 Å². The standard InChI is InChI=1S/C7H7OP/c1-6-3-2-4-7(5-6)8-9/h2-5H,1H3. The molecule has 1 aromatic rings. The van der Waals surface area contributed by atoms with Gasteiger partial charge >= 0.3 is 0 Å².